The lowest BCUT2D eigenvalue weighted by atomic mass is 9.72. The van der Waals surface area contributed by atoms with Gasteiger partial charge in [-0.3, -0.25) is 0 Å². The highest BCUT2D eigenvalue weighted by molar-refractivity contribution is 6.47. The van der Waals surface area contributed by atoms with Crippen molar-refractivity contribution >= 4 is 24.6 Å². The first-order valence-corrected chi connectivity index (χ1v) is 9.38. The smallest absolute Gasteiger partial charge is 0.530 e. The molecule has 3 atom stereocenters. The molecule has 1 aromatic carbocycles. The predicted molar refractivity (Wildman–Crippen MR) is 105 cm³/mol. The summed E-state index contributed by atoms with van der Waals surface area (Å²) in [4.78, 5) is 8.91. The summed E-state index contributed by atoms with van der Waals surface area (Å²) in [6, 6.07) is 7.92. The minimum atomic E-state index is -0.817. The van der Waals surface area contributed by atoms with E-state index in [0.717, 1.165) is 16.8 Å². The van der Waals surface area contributed by atoms with Gasteiger partial charge in [0, 0.05) is 35.9 Å². The third-order valence-electron chi connectivity index (χ3n) is 5.25. The molecule has 0 saturated carbocycles. The molecule has 2 aromatic rings. The van der Waals surface area contributed by atoms with Crippen LogP contribution in [-0.2, 0) is 4.74 Å². The molecule has 1 saturated heterocycles. The van der Waals surface area contributed by atoms with Gasteiger partial charge in [0.15, 0.2) is 0 Å². The molecule has 0 bridgehead atoms. The molecule has 0 aliphatic carbocycles. The third-order valence-corrected chi connectivity index (χ3v) is 5.25. The van der Waals surface area contributed by atoms with Crippen molar-refractivity contribution in [3.05, 3.63) is 35.5 Å². The molecule has 28 heavy (non-hydrogen) atoms. The van der Waals surface area contributed by atoms with E-state index in [4.69, 9.17) is 9.39 Å². The zero-order valence-corrected chi connectivity index (χ0v) is 15.8. The minimum absolute atomic E-state index is 0.0544. The molecule has 8 nitrogen and oxygen atoms in total. The Morgan fingerprint density at radius 2 is 2.25 bits per heavy atom. The maximum atomic E-state index is 9.86. The van der Waals surface area contributed by atoms with Crippen LogP contribution in [0.25, 0.3) is 0 Å². The summed E-state index contributed by atoms with van der Waals surface area (Å²) in [5.74, 6) is 1.61. The van der Waals surface area contributed by atoms with E-state index in [1.165, 1.54) is 0 Å². The first-order valence-electron chi connectivity index (χ1n) is 9.38. The molecule has 0 radical (unpaired) electrons. The van der Waals surface area contributed by atoms with Gasteiger partial charge in [0.25, 0.3) is 0 Å². The first kappa shape index (κ1) is 18.5. The fourth-order valence-electron chi connectivity index (χ4n) is 3.46. The molecule has 9 heteroatoms. The molecule has 2 aliphatic rings. The summed E-state index contributed by atoms with van der Waals surface area (Å²) in [6.07, 6.45) is 2.45. The van der Waals surface area contributed by atoms with E-state index in [1.807, 2.05) is 32.0 Å². The van der Waals surface area contributed by atoms with Crippen LogP contribution in [-0.4, -0.2) is 41.4 Å². The maximum Gasteiger partial charge on any atom is 0.530 e. The SMILES string of the molecule is Cc1cnc(Nc2ccc3c(c2)OB(O)C3C)nc1NC1COCCC1C#N. The second-order valence-electron chi connectivity index (χ2n) is 7.25. The lowest BCUT2D eigenvalue weighted by Gasteiger charge is -2.28. The first-order chi connectivity index (χ1) is 13.5. The molecule has 144 valence electrons. The van der Waals surface area contributed by atoms with Gasteiger partial charge in [0.2, 0.25) is 5.95 Å². The number of benzene rings is 1. The van der Waals surface area contributed by atoms with Crippen LogP contribution in [0.3, 0.4) is 0 Å². The van der Waals surface area contributed by atoms with Gasteiger partial charge >= 0.3 is 7.12 Å². The molecule has 0 amide bonds. The van der Waals surface area contributed by atoms with Gasteiger partial charge in [0.1, 0.15) is 11.6 Å². The van der Waals surface area contributed by atoms with E-state index in [2.05, 4.69) is 26.7 Å². The molecular weight excluding hydrogens is 357 g/mol. The standard InChI is InChI=1S/C19H22BN5O3/c1-11-9-22-19(25-18(11)24-16-10-27-6-5-13(16)8-21)23-14-3-4-15-12(2)20(26)28-17(15)7-14/h3-4,7,9,12-13,16,26H,5-6,10H2,1-2H3,(H2,22,23,24,25). The highest BCUT2D eigenvalue weighted by atomic mass is 16.5. The van der Waals surface area contributed by atoms with Gasteiger partial charge in [-0.1, -0.05) is 13.0 Å². The van der Waals surface area contributed by atoms with Gasteiger partial charge in [-0.2, -0.15) is 10.2 Å². The Bertz CT molecular complexity index is 919. The average molecular weight is 379 g/mol. The molecule has 3 heterocycles. The van der Waals surface area contributed by atoms with Crippen LogP contribution < -0.4 is 15.3 Å². The zero-order chi connectivity index (χ0) is 19.7. The summed E-state index contributed by atoms with van der Waals surface area (Å²) in [7, 11) is -0.817. The highest BCUT2D eigenvalue weighted by Crippen LogP contribution is 2.37. The quantitative estimate of drug-likeness (QED) is 0.695. The Morgan fingerprint density at radius 3 is 3.07 bits per heavy atom. The Hall–Kier alpha value is -2.83. The van der Waals surface area contributed by atoms with Crippen LogP contribution in [0.15, 0.2) is 24.4 Å². The summed E-state index contributed by atoms with van der Waals surface area (Å²) in [6.45, 7) is 4.93. The Morgan fingerprint density at radius 1 is 1.39 bits per heavy atom. The van der Waals surface area contributed by atoms with Crippen LogP contribution in [0.1, 0.15) is 30.3 Å². The summed E-state index contributed by atoms with van der Waals surface area (Å²) < 4.78 is 11.0. The van der Waals surface area contributed by atoms with Crippen molar-refractivity contribution in [3.63, 3.8) is 0 Å². The van der Waals surface area contributed by atoms with Crippen molar-refractivity contribution in [1.29, 1.82) is 5.26 Å². The van der Waals surface area contributed by atoms with Crippen molar-refractivity contribution in [2.75, 3.05) is 23.8 Å². The van der Waals surface area contributed by atoms with Gasteiger partial charge < -0.3 is 25.0 Å². The lowest BCUT2D eigenvalue weighted by molar-refractivity contribution is 0.0698. The van der Waals surface area contributed by atoms with Gasteiger partial charge in [-0.05, 0) is 25.0 Å². The Balaban J connectivity index is 1.52. The summed E-state index contributed by atoms with van der Waals surface area (Å²) in [5.41, 5.74) is 2.64. The van der Waals surface area contributed by atoms with Crippen molar-refractivity contribution < 1.29 is 14.4 Å². The topological polar surface area (TPSA) is 112 Å². The number of ether oxygens (including phenoxy) is 1. The molecule has 4 rings (SSSR count). The zero-order valence-electron chi connectivity index (χ0n) is 15.8. The number of rotatable bonds is 4. The van der Waals surface area contributed by atoms with Crippen molar-refractivity contribution in [1.82, 2.24) is 9.97 Å². The number of hydrogen-bond acceptors (Lipinski definition) is 8. The molecular formula is C19H22BN5O3. The largest absolute Gasteiger partial charge is 0.535 e. The second kappa shape index (κ2) is 7.66. The molecule has 0 spiro atoms. The van der Waals surface area contributed by atoms with Gasteiger partial charge in [-0.25, -0.2) is 4.98 Å². The van der Waals surface area contributed by atoms with E-state index >= 15 is 0 Å². The minimum Gasteiger partial charge on any atom is -0.535 e. The number of fused-ring (bicyclic) bond motifs is 1. The molecule has 2 aliphatic heterocycles. The Labute approximate surface area is 164 Å². The second-order valence-corrected chi connectivity index (χ2v) is 7.25. The number of hydrogen-bond donors (Lipinski definition) is 3. The number of aryl methyl sites for hydroxylation is 1. The van der Waals surface area contributed by atoms with Crippen LogP contribution in [0.4, 0.5) is 17.5 Å². The molecule has 1 aromatic heterocycles. The molecule has 1 fully saturated rings. The monoisotopic (exact) mass is 379 g/mol. The van der Waals surface area contributed by atoms with Crippen LogP contribution in [0.2, 0.25) is 0 Å². The lowest BCUT2D eigenvalue weighted by Crippen LogP contribution is -2.38. The van der Waals surface area contributed by atoms with E-state index < -0.39 is 7.12 Å². The Kier molecular flexibility index (Phi) is 5.07. The van der Waals surface area contributed by atoms with E-state index in [1.54, 1.807) is 6.20 Å². The van der Waals surface area contributed by atoms with E-state index in [0.29, 0.717) is 37.2 Å². The summed E-state index contributed by atoms with van der Waals surface area (Å²) in [5, 5.41) is 25.7. The van der Waals surface area contributed by atoms with Gasteiger partial charge in [-0.15, -0.1) is 0 Å². The van der Waals surface area contributed by atoms with Crippen LogP contribution in [0, 0.1) is 24.2 Å². The van der Waals surface area contributed by atoms with Crippen LogP contribution >= 0.6 is 0 Å². The summed E-state index contributed by atoms with van der Waals surface area (Å²) >= 11 is 0. The van der Waals surface area contributed by atoms with Crippen LogP contribution in [0.5, 0.6) is 5.75 Å². The fraction of sp³-hybridized carbons (Fsp3) is 0.421. The molecule has 3 N–H and O–H groups in total. The number of anilines is 3. The van der Waals surface area contributed by atoms with Gasteiger partial charge in [0.05, 0.1) is 24.6 Å². The highest BCUT2D eigenvalue weighted by Gasteiger charge is 2.35. The number of nitriles is 1. The van der Waals surface area contributed by atoms with E-state index in [9.17, 15) is 10.3 Å². The normalized spacial score (nSPS) is 23.5. The average Bonchev–Trinajstić information content (AvgIpc) is 2.98. The number of aromatic nitrogens is 2. The van der Waals surface area contributed by atoms with E-state index in [-0.39, 0.29) is 17.8 Å². The predicted octanol–water partition coefficient (Wildman–Crippen LogP) is 2.38. The van der Waals surface area contributed by atoms with Crippen molar-refractivity contribution in [2.45, 2.75) is 32.1 Å². The third kappa shape index (κ3) is 3.61. The fourth-order valence-corrected chi connectivity index (χ4v) is 3.46. The maximum absolute atomic E-state index is 9.86. The van der Waals surface area contributed by atoms with Crippen molar-refractivity contribution in [3.8, 4) is 11.8 Å². The molecule has 3 unspecified atom stereocenters. The van der Waals surface area contributed by atoms with Crippen molar-refractivity contribution in [2.24, 2.45) is 5.92 Å². The number of nitrogens with zero attached hydrogens (tertiary/aromatic N) is 3. The number of nitrogens with one attached hydrogen (secondary N) is 2.